The van der Waals surface area contributed by atoms with Crippen molar-refractivity contribution in [1.29, 1.82) is 0 Å². The number of carbonyl (C=O) groups excluding carboxylic acids is 2. The molecule has 0 aliphatic carbocycles. The van der Waals surface area contributed by atoms with E-state index in [-0.39, 0.29) is 24.2 Å². The van der Waals surface area contributed by atoms with Crippen LogP contribution in [0.25, 0.3) is 0 Å². The lowest BCUT2D eigenvalue weighted by molar-refractivity contribution is -0.117. The number of carbonyl (C=O) groups is 2. The third-order valence-corrected chi connectivity index (χ3v) is 4.50. The predicted molar refractivity (Wildman–Crippen MR) is 98.6 cm³/mol. The first-order valence-corrected chi connectivity index (χ1v) is 8.65. The third kappa shape index (κ3) is 4.46. The molecule has 0 saturated carbocycles. The minimum absolute atomic E-state index is 0.0726. The molecule has 3 rings (SSSR count). The van der Waals surface area contributed by atoms with Crippen LogP contribution in [-0.2, 0) is 4.79 Å². The summed E-state index contributed by atoms with van der Waals surface area (Å²) in [4.78, 5) is 28.3. The Bertz CT molecular complexity index is 787. The monoisotopic (exact) mass is 355 g/mol. The molecule has 1 heterocycles. The summed E-state index contributed by atoms with van der Waals surface area (Å²) in [5.41, 5.74) is 1.66. The van der Waals surface area contributed by atoms with Gasteiger partial charge in [0.1, 0.15) is 5.82 Å². The highest BCUT2D eigenvalue weighted by molar-refractivity contribution is 5.94. The summed E-state index contributed by atoms with van der Waals surface area (Å²) in [5.74, 6) is -0.610. The van der Waals surface area contributed by atoms with E-state index in [1.165, 1.54) is 6.07 Å². The molecular formula is C20H22FN3O2. The van der Waals surface area contributed by atoms with Crippen LogP contribution in [0.15, 0.2) is 48.5 Å². The second-order valence-electron chi connectivity index (χ2n) is 6.45. The molecule has 1 aliphatic heterocycles. The number of anilines is 1. The lowest BCUT2D eigenvalue weighted by Gasteiger charge is -2.34. The molecule has 5 nitrogen and oxygen atoms in total. The average molecular weight is 355 g/mol. The van der Waals surface area contributed by atoms with Crippen LogP contribution in [0.4, 0.5) is 10.1 Å². The van der Waals surface area contributed by atoms with Gasteiger partial charge in [-0.25, -0.2) is 4.39 Å². The first-order chi connectivity index (χ1) is 12.5. The van der Waals surface area contributed by atoms with Gasteiger partial charge in [0.2, 0.25) is 5.91 Å². The number of amides is 2. The first-order valence-electron chi connectivity index (χ1n) is 8.65. The number of nitrogens with one attached hydrogen (secondary N) is 1. The summed E-state index contributed by atoms with van der Waals surface area (Å²) >= 11 is 0. The lowest BCUT2D eigenvalue weighted by Crippen LogP contribution is -2.50. The fourth-order valence-electron chi connectivity index (χ4n) is 2.94. The normalized spacial score (nSPS) is 14.9. The molecule has 0 atom stereocenters. The molecule has 26 heavy (non-hydrogen) atoms. The van der Waals surface area contributed by atoms with E-state index in [2.05, 4.69) is 5.32 Å². The Morgan fingerprint density at radius 2 is 1.73 bits per heavy atom. The third-order valence-electron chi connectivity index (χ3n) is 4.50. The van der Waals surface area contributed by atoms with Gasteiger partial charge in [-0.15, -0.1) is 0 Å². The van der Waals surface area contributed by atoms with Gasteiger partial charge in [-0.1, -0.05) is 24.3 Å². The lowest BCUT2D eigenvalue weighted by atomic mass is 10.1. The molecule has 0 bridgehead atoms. The molecular weight excluding hydrogens is 333 g/mol. The van der Waals surface area contributed by atoms with Crippen LogP contribution in [0.5, 0.6) is 0 Å². The molecule has 0 spiro atoms. The van der Waals surface area contributed by atoms with Crippen molar-refractivity contribution in [1.82, 2.24) is 9.80 Å². The average Bonchev–Trinajstić information content (AvgIpc) is 2.65. The highest BCUT2D eigenvalue weighted by Gasteiger charge is 2.23. The quantitative estimate of drug-likeness (QED) is 0.917. The number of hydrogen-bond donors (Lipinski definition) is 1. The van der Waals surface area contributed by atoms with Crippen molar-refractivity contribution < 1.29 is 14.0 Å². The maximum absolute atomic E-state index is 13.7. The van der Waals surface area contributed by atoms with E-state index in [0.29, 0.717) is 37.3 Å². The van der Waals surface area contributed by atoms with Gasteiger partial charge in [-0.2, -0.15) is 0 Å². The number of rotatable bonds is 4. The maximum atomic E-state index is 13.7. The van der Waals surface area contributed by atoms with Crippen molar-refractivity contribution in [2.75, 3.05) is 38.0 Å². The van der Waals surface area contributed by atoms with Crippen molar-refractivity contribution in [2.24, 2.45) is 0 Å². The van der Waals surface area contributed by atoms with Gasteiger partial charge in [0.05, 0.1) is 6.54 Å². The van der Waals surface area contributed by atoms with E-state index >= 15 is 0 Å². The summed E-state index contributed by atoms with van der Waals surface area (Å²) in [6, 6.07) is 13.9. The number of halogens is 1. The zero-order chi connectivity index (χ0) is 18.5. The Kier molecular flexibility index (Phi) is 5.63. The van der Waals surface area contributed by atoms with Gasteiger partial charge in [-0.3, -0.25) is 14.5 Å². The van der Waals surface area contributed by atoms with Gasteiger partial charge in [-0.05, 0) is 36.8 Å². The second-order valence-corrected chi connectivity index (χ2v) is 6.45. The minimum Gasteiger partial charge on any atom is -0.336 e. The first kappa shape index (κ1) is 18.1. The molecule has 1 saturated heterocycles. The van der Waals surface area contributed by atoms with E-state index in [0.717, 1.165) is 5.69 Å². The Hall–Kier alpha value is -2.73. The topological polar surface area (TPSA) is 52.7 Å². The van der Waals surface area contributed by atoms with Gasteiger partial charge in [0, 0.05) is 37.4 Å². The SMILES string of the molecule is Cc1ccc(C(=O)N2CCN(CC(=O)Nc3ccccc3)CC2)cc1F. The van der Waals surface area contributed by atoms with Crippen molar-refractivity contribution in [2.45, 2.75) is 6.92 Å². The van der Waals surface area contributed by atoms with Gasteiger partial charge >= 0.3 is 0 Å². The van der Waals surface area contributed by atoms with Crippen molar-refractivity contribution in [3.63, 3.8) is 0 Å². The van der Waals surface area contributed by atoms with E-state index < -0.39 is 0 Å². The van der Waals surface area contributed by atoms with E-state index in [1.807, 2.05) is 35.2 Å². The fourth-order valence-corrected chi connectivity index (χ4v) is 2.94. The Morgan fingerprint density at radius 1 is 1.04 bits per heavy atom. The zero-order valence-corrected chi connectivity index (χ0v) is 14.7. The largest absolute Gasteiger partial charge is 0.336 e. The summed E-state index contributed by atoms with van der Waals surface area (Å²) in [6.07, 6.45) is 0. The van der Waals surface area contributed by atoms with Crippen molar-refractivity contribution >= 4 is 17.5 Å². The van der Waals surface area contributed by atoms with Crippen LogP contribution in [-0.4, -0.2) is 54.3 Å². The molecule has 1 aliphatic rings. The summed E-state index contributed by atoms with van der Waals surface area (Å²) < 4.78 is 13.7. The number of benzene rings is 2. The van der Waals surface area contributed by atoms with E-state index in [9.17, 15) is 14.0 Å². The molecule has 0 radical (unpaired) electrons. The molecule has 2 amide bonds. The number of hydrogen-bond acceptors (Lipinski definition) is 3. The molecule has 0 unspecified atom stereocenters. The molecule has 136 valence electrons. The standard InChI is InChI=1S/C20H22FN3O2/c1-15-7-8-16(13-18(15)21)20(26)24-11-9-23(10-12-24)14-19(25)22-17-5-3-2-4-6-17/h2-8,13H,9-12,14H2,1H3,(H,22,25). The van der Waals surface area contributed by atoms with Crippen LogP contribution in [0.1, 0.15) is 15.9 Å². The zero-order valence-electron chi connectivity index (χ0n) is 14.7. The summed E-state index contributed by atoms with van der Waals surface area (Å²) in [6.45, 7) is 4.23. The molecule has 0 aromatic heterocycles. The maximum Gasteiger partial charge on any atom is 0.254 e. The molecule has 2 aromatic rings. The minimum atomic E-state index is -0.368. The number of para-hydroxylation sites is 1. The fraction of sp³-hybridized carbons (Fsp3) is 0.300. The molecule has 6 heteroatoms. The number of aryl methyl sites for hydroxylation is 1. The van der Waals surface area contributed by atoms with Gasteiger partial charge in [0.25, 0.3) is 5.91 Å². The predicted octanol–water partition coefficient (Wildman–Crippen LogP) is 2.53. The van der Waals surface area contributed by atoms with Crippen LogP contribution in [0.2, 0.25) is 0 Å². The van der Waals surface area contributed by atoms with Crippen LogP contribution < -0.4 is 5.32 Å². The molecule has 2 aromatic carbocycles. The molecule has 1 N–H and O–H groups in total. The van der Waals surface area contributed by atoms with E-state index in [1.54, 1.807) is 24.0 Å². The summed E-state index contributed by atoms with van der Waals surface area (Å²) in [5, 5.41) is 2.86. The van der Waals surface area contributed by atoms with Crippen LogP contribution >= 0.6 is 0 Å². The Labute approximate surface area is 152 Å². The van der Waals surface area contributed by atoms with E-state index in [4.69, 9.17) is 0 Å². The second kappa shape index (κ2) is 8.10. The number of piperazine rings is 1. The molecule has 1 fully saturated rings. The van der Waals surface area contributed by atoms with Crippen LogP contribution in [0, 0.1) is 12.7 Å². The highest BCUT2D eigenvalue weighted by Crippen LogP contribution is 2.13. The smallest absolute Gasteiger partial charge is 0.254 e. The van der Waals surface area contributed by atoms with Crippen LogP contribution in [0.3, 0.4) is 0 Å². The summed E-state index contributed by atoms with van der Waals surface area (Å²) in [7, 11) is 0. The number of nitrogens with zero attached hydrogens (tertiary/aromatic N) is 2. The van der Waals surface area contributed by atoms with Gasteiger partial charge in [0.15, 0.2) is 0 Å². The van der Waals surface area contributed by atoms with Gasteiger partial charge < -0.3 is 10.2 Å². The van der Waals surface area contributed by atoms with Crippen molar-refractivity contribution in [3.05, 3.63) is 65.5 Å². The highest BCUT2D eigenvalue weighted by atomic mass is 19.1. The Balaban J connectivity index is 1.50. The van der Waals surface area contributed by atoms with Crippen molar-refractivity contribution in [3.8, 4) is 0 Å². The Morgan fingerprint density at radius 3 is 2.38 bits per heavy atom.